The molecule has 1 aliphatic carbocycles. The number of nitrogens with zero attached hydrogens (tertiary/aromatic N) is 1. The largest absolute Gasteiger partial charge is 0.462 e. The maximum absolute atomic E-state index is 12.3. The fourth-order valence-corrected chi connectivity index (χ4v) is 4.91. The molecule has 1 aromatic heterocycles. The number of allylic oxidation sites excluding steroid dienone is 1. The number of carbonyl (C=O) groups excluding carboxylic acids is 1. The molecule has 26 heavy (non-hydrogen) atoms. The first-order valence-electron chi connectivity index (χ1n) is 8.41. The molecule has 1 aliphatic heterocycles. The number of benzene rings is 1. The van der Waals surface area contributed by atoms with Crippen LogP contribution in [0.3, 0.4) is 0 Å². The summed E-state index contributed by atoms with van der Waals surface area (Å²) in [6, 6.07) is 9.52. The van der Waals surface area contributed by atoms with Crippen LogP contribution in [0.4, 0.5) is 0 Å². The number of cyclic esters (lactones) is 1. The Hall–Kier alpha value is -1.36. The van der Waals surface area contributed by atoms with E-state index in [-0.39, 0.29) is 35.7 Å². The van der Waals surface area contributed by atoms with Crippen LogP contribution in [-0.2, 0) is 9.53 Å². The number of ether oxygens (including phenoxy) is 1. The van der Waals surface area contributed by atoms with Crippen LogP contribution < -0.4 is 0 Å². The predicted octanol–water partition coefficient (Wildman–Crippen LogP) is 5.77. The highest BCUT2D eigenvalue weighted by Crippen LogP contribution is 2.51. The molecule has 2 aliphatic rings. The van der Waals surface area contributed by atoms with Gasteiger partial charge in [-0.25, -0.2) is 0 Å². The van der Waals surface area contributed by atoms with Crippen molar-refractivity contribution in [1.29, 1.82) is 0 Å². The summed E-state index contributed by atoms with van der Waals surface area (Å²) in [7, 11) is 0. The lowest BCUT2D eigenvalue weighted by Crippen LogP contribution is -2.32. The monoisotopic (exact) mass is 451 g/mol. The lowest BCUT2D eigenvalue weighted by Gasteiger charge is -2.36. The highest BCUT2D eigenvalue weighted by atomic mass is 79.9. The lowest BCUT2D eigenvalue weighted by atomic mass is 9.66. The Balaban J connectivity index is 1.85. The van der Waals surface area contributed by atoms with Gasteiger partial charge in [-0.1, -0.05) is 41.4 Å². The van der Waals surface area contributed by atoms with Crippen LogP contribution in [0.1, 0.15) is 30.0 Å². The zero-order valence-corrected chi connectivity index (χ0v) is 17.0. The zero-order chi connectivity index (χ0) is 18.4. The highest BCUT2D eigenvalue weighted by Gasteiger charge is 2.50. The number of hydrogen-bond acceptors (Lipinski definition) is 3. The Labute approximate surface area is 170 Å². The summed E-state index contributed by atoms with van der Waals surface area (Å²) in [5, 5.41) is 1.22. The maximum atomic E-state index is 12.3. The number of hydrogen-bond donors (Lipinski definition) is 0. The summed E-state index contributed by atoms with van der Waals surface area (Å²) in [5.74, 6) is -0.424. The van der Waals surface area contributed by atoms with Crippen LogP contribution in [0.2, 0.25) is 10.0 Å². The second-order valence-corrected chi connectivity index (χ2v) is 8.51. The number of pyridine rings is 1. The van der Waals surface area contributed by atoms with Gasteiger partial charge in [-0.15, -0.1) is 0 Å². The molecule has 3 nitrogen and oxygen atoms in total. The van der Waals surface area contributed by atoms with Gasteiger partial charge in [0.25, 0.3) is 0 Å². The van der Waals surface area contributed by atoms with Crippen molar-refractivity contribution < 1.29 is 9.53 Å². The maximum Gasteiger partial charge on any atom is 0.313 e. The Morgan fingerprint density at radius 2 is 1.88 bits per heavy atom. The molecular formula is C20H16BrCl2NO2. The second-order valence-electron chi connectivity index (χ2n) is 6.75. The Morgan fingerprint density at radius 1 is 1.12 bits per heavy atom. The van der Waals surface area contributed by atoms with E-state index in [1.165, 1.54) is 0 Å². The molecule has 0 saturated carbocycles. The van der Waals surface area contributed by atoms with Crippen molar-refractivity contribution >= 4 is 45.1 Å². The fourth-order valence-electron chi connectivity index (χ4n) is 4.14. The molecule has 0 spiro atoms. The van der Waals surface area contributed by atoms with Gasteiger partial charge in [0, 0.05) is 44.2 Å². The van der Waals surface area contributed by atoms with Gasteiger partial charge < -0.3 is 4.74 Å². The number of fused-ring (bicyclic) bond motifs is 1. The number of aromatic nitrogens is 1. The van der Waals surface area contributed by atoms with Crippen LogP contribution in [0.5, 0.6) is 0 Å². The zero-order valence-electron chi connectivity index (χ0n) is 13.9. The van der Waals surface area contributed by atoms with Crippen molar-refractivity contribution in [3.63, 3.8) is 0 Å². The predicted molar refractivity (Wildman–Crippen MR) is 106 cm³/mol. The first-order chi connectivity index (χ1) is 12.5. The molecular weight excluding hydrogens is 437 g/mol. The quantitative estimate of drug-likeness (QED) is 0.429. The standard InChI is InChI=1S/C20H16BrCl2NO2/c1-10-18-15(20(25)26-10)6-5-14(13-4-3-12(22)8-16(13)23)19(18)17-7-2-11(21)9-24-17/h2-10,14-15,18-19H,1H3/t10-,14+,15-,18-,19-/m1/s1. The Kier molecular flexibility index (Phi) is 4.84. The van der Waals surface area contributed by atoms with Crippen molar-refractivity contribution in [2.24, 2.45) is 11.8 Å². The topological polar surface area (TPSA) is 39.2 Å². The first-order valence-corrected chi connectivity index (χ1v) is 9.96. The fraction of sp³-hybridized carbons (Fsp3) is 0.300. The van der Waals surface area contributed by atoms with Gasteiger partial charge in [-0.2, -0.15) is 0 Å². The molecule has 0 unspecified atom stereocenters. The lowest BCUT2D eigenvalue weighted by molar-refractivity contribution is -0.142. The summed E-state index contributed by atoms with van der Waals surface area (Å²) in [4.78, 5) is 16.9. The van der Waals surface area contributed by atoms with E-state index < -0.39 is 0 Å². The van der Waals surface area contributed by atoms with E-state index in [1.54, 1.807) is 12.3 Å². The summed E-state index contributed by atoms with van der Waals surface area (Å²) in [5.41, 5.74) is 1.90. The summed E-state index contributed by atoms with van der Waals surface area (Å²) in [6.45, 7) is 1.95. The number of carbonyl (C=O) groups is 1. The third-order valence-electron chi connectivity index (χ3n) is 5.27. The van der Waals surface area contributed by atoms with E-state index in [2.05, 4.69) is 27.0 Å². The average Bonchev–Trinajstić information content (AvgIpc) is 2.90. The van der Waals surface area contributed by atoms with Crippen LogP contribution in [0.15, 0.2) is 53.2 Å². The van der Waals surface area contributed by atoms with Crippen molar-refractivity contribution in [2.45, 2.75) is 24.9 Å². The van der Waals surface area contributed by atoms with Gasteiger partial charge in [-0.05, 0) is 52.7 Å². The van der Waals surface area contributed by atoms with Crippen LogP contribution in [0, 0.1) is 11.8 Å². The van der Waals surface area contributed by atoms with Gasteiger partial charge in [0.15, 0.2) is 0 Å². The van der Waals surface area contributed by atoms with Gasteiger partial charge in [0.2, 0.25) is 0 Å². The number of esters is 1. The first kappa shape index (κ1) is 18.0. The minimum absolute atomic E-state index is 0.00774. The molecule has 0 amide bonds. The van der Waals surface area contributed by atoms with Gasteiger partial charge in [0.1, 0.15) is 6.10 Å². The van der Waals surface area contributed by atoms with E-state index >= 15 is 0 Å². The van der Waals surface area contributed by atoms with Gasteiger partial charge >= 0.3 is 5.97 Å². The Morgan fingerprint density at radius 3 is 2.58 bits per heavy atom. The highest BCUT2D eigenvalue weighted by molar-refractivity contribution is 9.10. The van der Waals surface area contributed by atoms with Crippen molar-refractivity contribution in [2.75, 3.05) is 0 Å². The molecule has 0 bridgehead atoms. The molecule has 1 aromatic carbocycles. The third kappa shape index (κ3) is 3.08. The van der Waals surface area contributed by atoms with E-state index in [1.807, 2.05) is 37.3 Å². The molecule has 2 aromatic rings. The van der Waals surface area contributed by atoms with Crippen LogP contribution >= 0.6 is 39.1 Å². The van der Waals surface area contributed by atoms with E-state index in [9.17, 15) is 4.79 Å². The minimum atomic E-state index is -0.247. The van der Waals surface area contributed by atoms with Crippen molar-refractivity contribution in [3.05, 3.63) is 74.5 Å². The SMILES string of the molecule is C[C@H]1OC(=O)[C@@H]2C=C[C@@H](c3ccc(Cl)cc3Cl)[C@H](c3ccc(Br)cn3)[C@H]12. The van der Waals surface area contributed by atoms with Crippen LogP contribution in [-0.4, -0.2) is 17.1 Å². The van der Waals surface area contributed by atoms with E-state index in [0.717, 1.165) is 15.7 Å². The molecule has 2 heterocycles. The van der Waals surface area contributed by atoms with Crippen molar-refractivity contribution in [3.8, 4) is 0 Å². The second kappa shape index (κ2) is 6.99. The Bertz CT molecular complexity index is 884. The van der Waals surface area contributed by atoms with E-state index in [0.29, 0.717) is 10.0 Å². The summed E-state index contributed by atoms with van der Waals surface area (Å²) in [6.07, 6.45) is 5.62. The third-order valence-corrected chi connectivity index (χ3v) is 6.30. The molecule has 0 radical (unpaired) electrons. The molecule has 5 atom stereocenters. The van der Waals surface area contributed by atoms with E-state index in [4.69, 9.17) is 27.9 Å². The smallest absolute Gasteiger partial charge is 0.313 e. The molecule has 6 heteroatoms. The molecule has 4 rings (SSSR count). The average molecular weight is 453 g/mol. The molecule has 1 fully saturated rings. The number of halogens is 3. The number of rotatable bonds is 2. The van der Waals surface area contributed by atoms with Crippen LogP contribution in [0.25, 0.3) is 0 Å². The molecule has 134 valence electrons. The van der Waals surface area contributed by atoms with Gasteiger partial charge in [0.05, 0.1) is 5.92 Å². The normalized spacial score (nSPS) is 30.2. The summed E-state index contributed by atoms with van der Waals surface area (Å²) < 4.78 is 6.45. The molecule has 1 saturated heterocycles. The minimum Gasteiger partial charge on any atom is -0.462 e. The van der Waals surface area contributed by atoms with Gasteiger partial charge in [-0.3, -0.25) is 9.78 Å². The van der Waals surface area contributed by atoms with Crippen molar-refractivity contribution in [1.82, 2.24) is 4.98 Å². The molecule has 0 N–H and O–H groups in total. The summed E-state index contributed by atoms with van der Waals surface area (Å²) >= 11 is 16.0.